The minimum atomic E-state index is -4.86. The third-order valence-electron chi connectivity index (χ3n) is 5.51. The van der Waals surface area contributed by atoms with Crippen LogP contribution in [0.25, 0.3) is 11.1 Å². The summed E-state index contributed by atoms with van der Waals surface area (Å²) in [6.07, 6.45) is -1.77. The normalized spacial score (nSPS) is 16.1. The van der Waals surface area contributed by atoms with Crippen LogP contribution < -0.4 is 4.90 Å². The van der Waals surface area contributed by atoms with E-state index >= 15 is 0 Å². The lowest BCUT2D eigenvalue weighted by molar-refractivity contribution is -0.138. The highest BCUT2D eigenvalue weighted by molar-refractivity contribution is 7.91. The number of hydrogen-bond acceptors (Lipinski definition) is 4. The maximum atomic E-state index is 13.0. The van der Waals surface area contributed by atoms with E-state index in [-0.39, 0.29) is 6.04 Å². The van der Waals surface area contributed by atoms with E-state index in [1.807, 2.05) is 60.4 Å². The molecule has 1 aliphatic rings. The molecule has 0 fully saturated rings. The minimum absolute atomic E-state index is 0.0643. The number of aromatic hydroxyl groups is 1. The first kappa shape index (κ1) is 22.0. The number of para-hydroxylation sites is 1. The van der Waals surface area contributed by atoms with E-state index in [9.17, 15) is 26.7 Å². The van der Waals surface area contributed by atoms with Gasteiger partial charge in [-0.2, -0.15) is 13.2 Å². The molecule has 1 heterocycles. The number of phenols is 1. The van der Waals surface area contributed by atoms with Crippen LogP contribution in [-0.4, -0.2) is 19.3 Å². The molecule has 0 aromatic heterocycles. The summed E-state index contributed by atoms with van der Waals surface area (Å²) in [4.78, 5) is 1.45. The van der Waals surface area contributed by atoms with Crippen LogP contribution in [0.1, 0.15) is 24.1 Å². The van der Waals surface area contributed by atoms with Crippen molar-refractivity contribution < 1.29 is 26.7 Å². The van der Waals surface area contributed by atoms with Crippen LogP contribution in [-0.2, 0) is 16.0 Å². The number of nitrogens with zero attached hydrogens (tertiary/aromatic N) is 1. The monoisotopic (exact) mass is 459 g/mol. The van der Waals surface area contributed by atoms with Gasteiger partial charge in [0.15, 0.2) is 9.84 Å². The van der Waals surface area contributed by atoms with Gasteiger partial charge in [0.05, 0.1) is 22.3 Å². The lowest BCUT2D eigenvalue weighted by Crippen LogP contribution is -2.25. The predicted octanol–water partition coefficient (Wildman–Crippen LogP) is 5.95. The second kappa shape index (κ2) is 8.02. The van der Waals surface area contributed by atoms with Crippen LogP contribution in [0.2, 0.25) is 0 Å². The highest BCUT2D eigenvalue weighted by Gasteiger charge is 2.35. The van der Waals surface area contributed by atoms with Crippen molar-refractivity contribution in [3.05, 3.63) is 90.1 Å². The maximum absolute atomic E-state index is 13.0. The number of benzene rings is 3. The van der Waals surface area contributed by atoms with E-state index in [1.54, 1.807) is 6.20 Å². The van der Waals surface area contributed by atoms with E-state index in [0.29, 0.717) is 6.07 Å². The number of halogens is 3. The molecular formula is C24H20F3NO3S. The molecule has 1 unspecified atom stereocenters. The van der Waals surface area contributed by atoms with Gasteiger partial charge in [0.25, 0.3) is 0 Å². The molecule has 0 amide bonds. The summed E-state index contributed by atoms with van der Waals surface area (Å²) in [5.41, 5.74) is 2.75. The number of anilines is 1. The molecular weight excluding hydrogens is 439 g/mol. The first-order chi connectivity index (χ1) is 15.1. The second-order valence-corrected chi connectivity index (χ2v) is 9.56. The fraction of sp³-hybridized carbons (Fsp3) is 0.167. The molecule has 166 valence electrons. The Morgan fingerprint density at radius 3 is 2.38 bits per heavy atom. The van der Waals surface area contributed by atoms with E-state index in [0.717, 1.165) is 34.5 Å². The largest absolute Gasteiger partial charge is 0.507 e. The summed E-state index contributed by atoms with van der Waals surface area (Å²) in [5.74, 6) is -1.49. The van der Waals surface area contributed by atoms with Crippen LogP contribution in [0, 0.1) is 0 Å². The molecule has 1 aliphatic heterocycles. The van der Waals surface area contributed by atoms with Gasteiger partial charge in [-0.3, -0.25) is 0 Å². The fourth-order valence-corrected chi connectivity index (χ4v) is 5.02. The highest BCUT2D eigenvalue weighted by atomic mass is 32.2. The number of alkyl halides is 3. The van der Waals surface area contributed by atoms with E-state index in [4.69, 9.17) is 0 Å². The van der Waals surface area contributed by atoms with Gasteiger partial charge in [-0.25, -0.2) is 8.42 Å². The quantitative estimate of drug-likeness (QED) is 0.524. The van der Waals surface area contributed by atoms with Gasteiger partial charge in [0.1, 0.15) is 5.75 Å². The number of sulfone groups is 1. The number of phenolic OH excluding ortho intramolecular Hbond substituents is 1. The Labute approximate surface area is 184 Å². The molecule has 0 saturated carbocycles. The van der Waals surface area contributed by atoms with Gasteiger partial charge in [0, 0.05) is 17.5 Å². The van der Waals surface area contributed by atoms with E-state index < -0.39 is 38.0 Å². The Hall–Kier alpha value is -3.26. The standard InChI is InChI=1S/C24H20F3NO3S/c1-16-18-7-2-3-8-19(18)20-9-4-5-10-22(20)28(16)13-6-14-32(30,31)17-11-12-23(29)21(15-17)24(25,26)27/h2-13,15-16,29H,14H2,1H3. The predicted molar refractivity (Wildman–Crippen MR) is 117 cm³/mol. The molecule has 1 N–H and O–H groups in total. The van der Waals surface area contributed by atoms with Gasteiger partial charge in [-0.15, -0.1) is 0 Å². The van der Waals surface area contributed by atoms with Crippen LogP contribution in [0.5, 0.6) is 5.75 Å². The zero-order valence-corrected chi connectivity index (χ0v) is 17.9. The van der Waals surface area contributed by atoms with Gasteiger partial charge < -0.3 is 10.0 Å². The average Bonchev–Trinajstić information content (AvgIpc) is 2.75. The van der Waals surface area contributed by atoms with Crippen molar-refractivity contribution in [1.29, 1.82) is 0 Å². The van der Waals surface area contributed by atoms with Crippen molar-refractivity contribution >= 4 is 15.5 Å². The molecule has 0 aliphatic carbocycles. The molecule has 32 heavy (non-hydrogen) atoms. The van der Waals surface area contributed by atoms with E-state index in [1.165, 1.54) is 6.08 Å². The molecule has 1 atom stereocenters. The van der Waals surface area contributed by atoms with Crippen molar-refractivity contribution in [1.82, 2.24) is 0 Å². The van der Waals surface area contributed by atoms with Gasteiger partial charge >= 0.3 is 6.18 Å². The van der Waals surface area contributed by atoms with Crippen molar-refractivity contribution in [2.24, 2.45) is 0 Å². The summed E-state index contributed by atoms with van der Waals surface area (Å²) in [5, 5.41) is 9.45. The summed E-state index contributed by atoms with van der Waals surface area (Å²) >= 11 is 0. The molecule has 0 spiro atoms. The third-order valence-corrected chi connectivity index (χ3v) is 7.12. The third kappa shape index (κ3) is 3.98. The number of hydrogen-bond donors (Lipinski definition) is 1. The molecule has 3 aromatic carbocycles. The molecule has 0 radical (unpaired) electrons. The van der Waals surface area contributed by atoms with Crippen molar-refractivity contribution in [3.8, 4) is 16.9 Å². The minimum Gasteiger partial charge on any atom is -0.507 e. The van der Waals surface area contributed by atoms with E-state index in [2.05, 4.69) is 0 Å². The topological polar surface area (TPSA) is 57.6 Å². The maximum Gasteiger partial charge on any atom is 0.419 e. The number of fused-ring (bicyclic) bond motifs is 3. The number of rotatable bonds is 4. The van der Waals surface area contributed by atoms with Crippen LogP contribution in [0.3, 0.4) is 0 Å². The highest BCUT2D eigenvalue weighted by Crippen LogP contribution is 2.44. The Kier molecular flexibility index (Phi) is 5.50. The fourth-order valence-electron chi connectivity index (χ4n) is 3.92. The van der Waals surface area contributed by atoms with Crippen molar-refractivity contribution in [3.63, 3.8) is 0 Å². The second-order valence-electron chi connectivity index (χ2n) is 7.53. The lowest BCUT2D eigenvalue weighted by Gasteiger charge is -2.36. The van der Waals surface area contributed by atoms with Gasteiger partial charge in [0.2, 0.25) is 0 Å². The van der Waals surface area contributed by atoms with Crippen LogP contribution in [0.15, 0.2) is 83.9 Å². The van der Waals surface area contributed by atoms with Crippen molar-refractivity contribution in [2.75, 3.05) is 10.7 Å². The Morgan fingerprint density at radius 1 is 1.00 bits per heavy atom. The van der Waals surface area contributed by atoms with Crippen molar-refractivity contribution in [2.45, 2.75) is 24.0 Å². The molecule has 4 nitrogen and oxygen atoms in total. The molecule has 3 aromatic rings. The average molecular weight is 459 g/mol. The zero-order chi connectivity index (χ0) is 23.1. The molecule has 0 saturated heterocycles. The van der Waals surface area contributed by atoms with Crippen LogP contribution >= 0.6 is 0 Å². The van der Waals surface area contributed by atoms with Gasteiger partial charge in [-0.1, -0.05) is 48.5 Å². The molecule has 8 heteroatoms. The summed E-state index contributed by atoms with van der Waals surface area (Å²) in [6.45, 7) is 2.00. The Balaban J connectivity index is 1.63. The lowest BCUT2D eigenvalue weighted by atomic mass is 9.89. The molecule has 0 bridgehead atoms. The summed E-state index contributed by atoms with van der Waals surface area (Å²) in [7, 11) is -4.04. The van der Waals surface area contributed by atoms with Gasteiger partial charge in [-0.05, 0) is 42.3 Å². The SMILES string of the molecule is CC1c2ccccc2-c2ccccc2N1C=CCS(=O)(=O)c1ccc(O)c(C(F)(F)F)c1. The first-order valence-electron chi connectivity index (χ1n) is 9.86. The summed E-state index contributed by atoms with van der Waals surface area (Å²) in [6, 6.07) is 17.9. The summed E-state index contributed by atoms with van der Waals surface area (Å²) < 4.78 is 64.5. The first-order valence-corrected chi connectivity index (χ1v) is 11.5. The Morgan fingerprint density at radius 2 is 1.66 bits per heavy atom. The van der Waals surface area contributed by atoms with Crippen LogP contribution in [0.4, 0.5) is 18.9 Å². The Bertz CT molecular complexity index is 1300. The zero-order valence-electron chi connectivity index (χ0n) is 17.0. The smallest absolute Gasteiger partial charge is 0.419 e. The molecule has 4 rings (SSSR count).